The predicted molar refractivity (Wildman–Crippen MR) is 90.6 cm³/mol. The average molecular weight is 328 g/mol. The molecule has 0 aliphatic carbocycles. The SMILES string of the molecule is CC(C)C[C@H](N)C(=O)NC(C)C(=O)NCc1ccccc1.Cl. The summed E-state index contributed by atoms with van der Waals surface area (Å²) in [5.41, 5.74) is 6.80. The maximum atomic E-state index is 11.9. The van der Waals surface area contributed by atoms with E-state index in [1.54, 1.807) is 6.92 Å². The van der Waals surface area contributed by atoms with Gasteiger partial charge in [0, 0.05) is 6.54 Å². The first kappa shape index (κ1) is 20.4. The zero-order chi connectivity index (χ0) is 15.8. The van der Waals surface area contributed by atoms with Gasteiger partial charge in [-0.1, -0.05) is 44.2 Å². The second kappa shape index (κ2) is 10.2. The molecule has 0 saturated carbocycles. The fraction of sp³-hybridized carbons (Fsp3) is 0.500. The molecule has 1 aromatic rings. The van der Waals surface area contributed by atoms with Gasteiger partial charge in [-0.25, -0.2) is 0 Å². The summed E-state index contributed by atoms with van der Waals surface area (Å²) in [7, 11) is 0. The van der Waals surface area contributed by atoms with Crippen LogP contribution < -0.4 is 16.4 Å². The van der Waals surface area contributed by atoms with Gasteiger partial charge < -0.3 is 16.4 Å². The zero-order valence-electron chi connectivity index (χ0n) is 13.3. The van der Waals surface area contributed by atoms with E-state index in [1.165, 1.54) is 0 Å². The molecule has 5 nitrogen and oxygen atoms in total. The molecule has 0 aliphatic heterocycles. The molecule has 0 heterocycles. The lowest BCUT2D eigenvalue weighted by Crippen LogP contribution is -2.50. The van der Waals surface area contributed by atoms with Crippen molar-refractivity contribution in [3.8, 4) is 0 Å². The Hall–Kier alpha value is -1.59. The summed E-state index contributed by atoms with van der Waals surface area (Å²) in [6.45, 7) is 6.10. The van der Waals surface area contributed by atoms with Crippen LogP contribution in [0.1, 0.15) is 32.8 Å². The third-order valence-electron chi connectivity index (χ3n) is 3.12. The van der Waals surface area contributed by atoms with E-state index in [-0.39, 0.29) is 24.2 Å². The number of rotatable bonds is 7. The Bertz CT molecular complexity index is 466. The molecule has 2 amide bonds. The molecule has 0 saturated heterocycles. The lowest BCUT2D eigenvalue weighted by molar-refractivity contribution is -0.129. The lowest BCUT2D eigenvalue weighted by Gasteiger charge is -2.18. The maximum absolute atomic E-state index is 11.9. The van der Waals surface area contributed by atoms with Crippen LogP contribution >= 0.6 is 12.4 Å². The first-order valence-corrected chi connectivity index (χ1v) is 7.27. The van der Waals surface area contributed by atoms with E-state index in [0.29, 0.717) is 18.9 Å². The zero-order valence-corrected chi connectivity index (χ0v) is 14.2. The van der Waals surface area contributed by atoms with Crippen molar-refractivity contribution < 1.29 is 9.59 Å². The molecule has 0 fully saturated rings. The Morgan fingerprint density at radius 1 is 1.09 bits per heavy atom. The van der Waals surface area contributed by atoms with Crippen LogP contribution in [0.2, 0.25) is 0 Å². The highest BCUT2D eigenvalue weighted by Gasteiger charge is 2.20. The van der Waals surface area contributed by atoms with Crippen LogP contribution in [0.4, 0.5) is 0 Å². The van der Waals surface area contributed by atoms with E-state index < -0.39 is 12.1 Å². The molecule has 1 aromatic carbocycles. The molecular formula is C16H26ClN3O2. The number of nitrogens with one attached hydrogen (secondary N) is 2. The van der Waals surface area contributed by atoms with Crippen LogP contribution in [0.25, 0.3) is 0 Å². The van der Waals surface area contributed by atoms with Gasteiger partial charge in [0.2, 0.25) is 11.8 Å². The number of benzene rings is 1. The Kier molecular flexibility index (Phi) is 9.45. The summed E-state index contributed by atoms with van der Waals surface area (Å²) < 4.78 is 0. The molecule has 1 unspecified atom stereocenters. The van der Waals surface area contributed by atoms with E-state index >= 15 is 0 Å². The van der Waals surface area contributed by atoms with Crippen LogP contribution in [0.5, 0.6) is 0 Å². The first-order valence-electron chi connectivity index (χ1n) is 7.27. The topological polar surface area (TPSA) is 84.2 Å². The number of nitrogens with two attached hydrogens (primary N) is 1. The molecule has 4 N–H and O–H groups in total. The predicted octanol–water partition coefficient (Wildman–Crippen LogP) is 1.60. The number of hydrogen-bond donors (Lipinski definition) is 3. The monoisotopic (exact) mass is 327 g/mol. The fourth-order valence-corrected chi connectivity index (χ4v) is 1.94. The highest BCUT2D eigenvalue weighted by atomic mass is 35.5. The molecule has 0 radical (unpaired) electrons. The van der Waals surface area contributed by atoms with Crippen LogP contribution in [-0.4, -0.2) is 23.9 Å². The van der Waals surface area contributed by atoms with Gasteiger partial charge in [0.15, 0.2) is 0 Å². The average Bonchev–Trinajstić information content (AvgIpc) is 2.44. The van der Waals surface area contributed by atoms with Gasteiger partial charge >= 0.3 is 0 Å². The van der Waals surface area contributed by atoms with Crippen molar-refractivity contribution in [3.05, 3.63) is 35.9 Å². The Balaban J connectivity index is 0.00000441. The summed E-state index contributed by atoms with van der Waals surface area (Å²) >= 11 is 0. The minimum absolute atomic E-state index is 0. The number of amides is 2. The van der Waals surface area contributed by atoms with Crippen LogP contribution in [-0.2, 0) is 16.1 Å². The van der Waals surface area contributed by atoms with E-state index in [9.17, 15) is 9.59 Å². The van der Waals surface area contributed by atoms with Gasteiger partial charge in [-0.05, 0) is 24.8 Å². The summed E-state index contributed by atoms with van der Waals surface area (Å²) in [5.74, 6) is -0.164. The van der Waals surface area contributed by atoms with E-state index in [4.69, 9.17) is 5.73 Å². The first-order chi connectivity index (χ1) is 9.90. The highest BCUT2D eigenvalue weighted by Crippen LogP contribution is 2.03. The van der Waals surface area contributed by atoms with Gasteiger partial charge in [-0.15, -0.1) is 12.4 Å². The van der Waals surface area contributed by atoms with Crippen molar-refractivity contribution in [1.29, 1.82) is 0 Å². The smallest absolute Gasteiger partial charge is 0.242 e. The molecule has 0 spiro atoms. The second-order valence-corrected chi connectivity index (χ2v) is 5.67. The third-order valence-corrected chi connectivity index (χ3v) is 3.12. The van der Waals surface area contributed by atoms with Crippen molar-refractivity contribution in [2.75, 3.05) is 0 Å². The Labute approximate surface area is 138 Å². The van der Waals surface area contributed by atoms with Gasteiger partial charge in [-0.2, -0.15) is 0 Å². The van der Waals surface area contributed by atoms with Gasteiger partial charge in [0.05, 0.1) is 6.04 Å². The molecule has 22 heavy (non-hydrogen) atoms. The summed E-state index contributed by atoms with van der Waals surface area (Å²) in [5, 5.41) is 5.43. The Morgan fingerprint density at radius 2 is 1.68 bits per heavy atom. The lowest BCUT2D eigenvalue weighted by atomic mass is 10.0. The molecular weight excluding hydrogens is 302 g/mol. The van der Waals surface area contributed by atoms with Crippen molar-refractivity contribution in [2.24, 2.45) is 11.7 Å². The fourth-order valence-electron chi connectivity index (χ4n) is 1.94. The van der Waals surface area contributed by atoms with Crippen molar-refractivity contribution in [1.82, 2.24) is 10.6 Å². The van der Waals surface area contributed by atoms with Crippen molar-refractivity contribution in [3.63, 3.8) is 0 Å². The summed E-state index contributed by atoms with van der Waals surface area (Å²) in [6, 6.07) is 8.44. The van der Waals surface area contributed by atoms with E-state index in [1.807, 2.05) is 44.2 Å². The number of halogens is 1. The number of carbonyl (C=O) groups is 2. The standard InChI is InChI=1S/C16H25N3O2.ClH/c1-11(2)9-14(17)16(21)19-12(3)15(20)18-10-13-7-5-4-6-8-13;/h4-8,11-12,14H,9-10,17H2,1-3H3,(H,18,20)(H,19,21);1H/t12?,14-;/m0./s1. The minimum atomic E-state index is -0.598. The van der Waals surface area contributed by atoms with Crippen molar-refractivity contribution in [2.45, 2.75) is 45.8 Å². The molecule has 0 aromatic heterocycles. The molecule has 0 aliphatic rings. The van der Waals surface area contributed by atoms with Gasteiger partial charge in [0.1, 0.15) is 6.04 Å². The number of carbonyl (C=O) groups excluding carboxylic acids is 2. The van der Waals surface area contributed by atoms with Crippen LogP contribution in [0.15, 0.2) is 30.3 Å². The third kappa shape index (κ3) is 7.43. The van der Waals surface area contributed by atoms with Crippen molar-refractivity contribution >= 4 is 24.2 Å². The Morgan fingerprint density at radius 3 is 2.23 bits per heavy atom. The molecule has 6 heteroatoms. The van der Waals surface area contributed by atoms with E-state index in [0.717, 1.165) is 5.56 Å². The number of hydrogen-bond acceptors (Lipinski definition) is 3. The quantitative estimate of drug-likeness (QED) is 0.711. The molecule has 0 bridgehead atoms. The van der Waals surface area contributed by atoms with E-state index in [2.05, 4.69) is 10.6 Å². The summed E-state index contributed by atoms with van der Waals surface area (Å²) in [4.78, 5) is 23.8. The largest absolute Gasteiger partial charge is 0.350 e. The second-order valence-electron chi connectivity index (χ2n) is 5.67. The van der Waals surface area contributed by atoms with Gasteiger partial charge in [0.25, 0.3) is 0 Å². The van der Waals surface area contributed by atoms with Gasteiger partial charge in [-0.3, -0.25) is 9.59 Å². The minimum Gasteiger partial charge on any atom is -0.350 e. The normalized spacial score (nSPS) is 13.0. The van der Waals surface area contributed by atoms with Crippen LogP contribution in [0, 0.1) is 5.92 Å². The molecule has 1 rings (SSSR count). The maximum Gasteiger partial charge on any atom is 0.242 e. The molecule has 2 atom stereocenters. The summed E-state index contributed by atoms with van der Waals surface area (Å²) in [6.07, 6.45) is 0.601. The van der Waals surface area contributed by atoms with Crippen LogP contribution in [0.3, 0.4) is 0 Å². The highest BCUT2D eigenvalue weighted by molar-refractivity contribution is 5.89. The molecule has 124 valence electrons.